The van der Waals surface area contributed by atoms with Crippen molar-refractivity contribution in [2.45, 2.75) is 31.5 Å². The number of carbonyl (C=O) groups is 3. The van der Waals surface area contributed by atoms with Crippen LogP contribution < -0.4 is 4.90 Å². The van der Waals surface area contributed by atoms with E-state index in [-0.39, 0.29) is 40.5 Å². The first-order valence-corrected chi connectivity index (χ1v) is 12.5. The van der Waals surface area contributed by atoms with Crippen LogP contribution >= 0.6 is 0 Å². The van der Waals surface area contributed by atoms with Gasteiger partial charge < -0.3 is 14.5 Å². The number of morpholine rings is 1. The second-order valence-electron chi connectivity index (χ2n) is 9.64. The van der Waals surface area contributed by atoms with Gasteiger partial charge in [-0.15, -0.1) is 0 Å². The van der Waals surface area contributed by atoms with E-state index in [1.807, 2.05) is 6.07 Å². The lowest BCUT2D eigenvalue weighted by molar-refractivity contribution is -0.137. The SMILES string of the molecule is CN1C(=O)N(c2cccc(C(F)(F)F)c2)C2=C(C(=O)CCC2)C1c1ccc(C#N)cc1C(=O)N1CCOCC1. The van der Waals surface area contributed by atoms with Crippen molar-refractivity contribution < 1.29 is 32.3 Å². The fraction of sp³-hybridized carbons (Fsp3) is 0.357. The Bertz CT molecular complexity index is 1420. The maximum atomic E-state index is 13.8. The molecule has 0 saturated carbocycles. The average Bonchev–Trinajstić information content (AvgIpc) is 2.94. The van der Waals surface area contributed by atoms with Crippen LogP contribution in [-0.2, 0) is 15.7 Å². The van der Waals surface area contributed by atoms with Gasteiger partial charge in [0.05, 0.1) is 42.1 Å². The molecule has 1 saturated heterocycles. The number of ketones is 1. The summed E-state index contributed by atoms with van der Waals surface area (Å²) < 4.78 is 45.8. The van der Waals surface area contributed by atoms with Crippen LogP contribution in [0.4, 0.5) is 23.7 Å². The van der Waals surface area contributed by atoms with Gasteiger partial charge in [0.2, 0.25) is 0 Å². The number of likely N-dealkylation sites (N-methyl/N-ethyl adjacent to an activating group) is 1. The van der Waals surface area contributed by atoms with Crippen molar-refractivity contribution in [1.29, 1.82) is 5.26 Å². The predicted octanol–water partition coefficient (Wildman–Crippen LogP) is 4.67. The zero-order valence-electron chi connectivity index (χ0n) is 21.1. The highest BCUT2D eigenvalue weighted by Crippen LogP contribution is 2.45. The number of nitrogens with zero attached hydrogens (tertiary/aromatic N) is 4. The molecular weight excluding hydrogens is 513 g/mol. The molecule has 0 spiro atoms. The molecule has 5 rings (SSSR count). The van der Waals surface area contributed by atoms with Crippen LogP contribution in [0, 0.1) is 11.3 Å². The van der Waals surface area contributed by atoms with Crippen molar-refractivity contribution in [3.05, 3.63) is 76.0 Å². The summed E-state index contributed by atoms with van der Waals surface area (Å²) in [6, 6.07) is 9.46. The molecule has 2 aromatic rings. The quantitative estimate of drug-likeness (QED) is 0.566. The third-order valence-electron chi connectivity index (χ3n) is 7.29. The normalized spacial score (nSPS) is 20.2. The number of benzene rings is 2. The molecule has 8 nitrogen and oxygen atoms in total. The minimum Gasteiger partial charge on any atom is -0.378 e. The number of carbonyl (C=O) groups excluding carboxylic acids is 3. The number of ether oxygens (including phenoxy) is 1. The van der Waals surface area contributed by atoms with Crippen molar-refractivity contribution in [2.75, 3.05) is 38.3 Å². The molecule has 2 heterocycles. The van der Waals surface area contributed by atoms with Crippen LogP contribution in [0.1, 0.15) is 52.4 Å². The van der Waals surface area contributed by atoms with Crippen LogP contribution in [0.2, 0.25) is 0 Å². The topological polar surface area (TPSA) is 93.9 Å². The summed E-state index contributed by atoms with van der Waals surface area (Å²) in [5, 5.41) is 9.51. The van der Waals surface area contributed by atoms with E-state index in [9.17, 15) is 32.8 Å². The first kappa shape index (κ1) is 26.4. The lowest BCUT2D eigenvalue weighted by Gasteiger charge is -2.44. The zero-order chi connectivity index (χ0) is 27.9. The number of alkyl halides is 3. The zero-order valence-corrected chi connectivity index (χ0v) is 21.1. The molecule has 1 fully saturated rings. The minimum atomic E-state index is -4.61. The van der Waals surface area contributed by atoms with E-state index in [4.69, 9.17) is 4.74 Å². The van der Waals surface area contributed by atoms with Gasteiger partial charge in [0.1, 0.15) is 0 Å². The molecule has 0 bridgehead atoms. The van der Waals surface area contributed by atoms with Crippen molar-refractivity contribution in [2.24, 2.45) is 0 Å². The number of urea groups is 1. The molecular formula is C28H25F3N4O4. The minimum absolute atomic E-state index is 0.00627. The number of amides is 3. The van der Waals surface area contributed by atoms with Crippen molar-refractivity contribution in [1.82, 2.24) is 9.80 Å². The Morgan fingerprint density at radius 3 is 2.51 bits per heavy atom. The van der Waals surface area contributed by atoms with E-state index in [0.717, 1.165) is 12.1 Å². The average molecular weight is 539 g/mol. The van der Waals surface area contributed by atoms with Gasteiger partial charge in [0.25, 0.3) is 5.91 Å². The highest BCUT2D eigenvalue weighted by molar-refractivity contribution is 6.07. The van der Waals surface area contributed by atoms with E-state index in [1.165, 1.54) is 41.1 Å². The summed E-state index contributed by atoms with van der Waals surface area (Å²) in [5.41, 5.74) is 0.509. The largest absolute Gasteiger partial charge is 0.416 e. The summed E-state index contributed by atoms with van der Waals surface area (Å²) in [5.74, 6) is -0.594. The molecule has 39 heavy (non-hydrogen) atoms. The number of anilines is 1. The van der Waals surface area contributed by atoms with Crippen LogP contribution in [0.3, 0.4) is 0 Å². The van der Waals surface area contributed by atoms with Crippen molar-refractivity contribution in [3.63, 3.8) is 0 Å². The molecule has 3 aliphatic rings. The highest BCUT2D eigenvalue weighted by Gasteiger charge is 2.45. The predicted molar refractivity (Wildman–Crippen MR) is 134 cm³/mol. The van der Waals surface area contributed by atoms with Gasteiger partial charge in [-0.2, -0.15) is 18.4 Å². The number of nitriles is 1. The van der Waals surface area contributed by atoms with Crippen LogP contribution in [0.5, 0.6) is 0 Å². The van der Waals surface area contributed by atoms with E-state index < -0.39 is 23.8 Å². The summed E-state index contributed by atoms with van der Waals surface area (Å²) in [7, 11) is 1.46. The van der Waals surface area contributed by atoms with E-state index in [2.05, 4.69) is 0 Å². The van der Waals surface area contributed by atoms with Gasteiger partial charge >= 0.3 is 12.2 Å². The molecule has 3 amide bonds. The second kappa shape index (κ2) is 10.2. The van der Waals surface area contributed by atoms with Gasteiger partial charge in [-0.1, -0.05) is 12.1 Å². The first-order valence-electron chi connectivity index (χ1n) is 12.5. The fourth-order valence-corrected chi connectivity index (χ4v) is 5.40. The number of allylic oxidation sites excluding steroid dienone is 1. The fourth-order valence-electron chi connectivity index (χ4n) is 5.40. The molecule has 202 valence electrons. The Morgan fingerprint density at radius 2 is 1.82 bits per heavy atom. The van der Waals surface area contributed by atoms with Crippen molar-refractivity contribution in [3.8, 4) is 6.07 Å². The van der Waals surface area contributed by atoms with E-state index in [0.29, 0.717) is 50.4 Å². The Kier molecular flexibility index (Phi) is 6.91. The molecule has 1 aliphatic carbocycles. The maximum Gasteiger partial charge on any atom is 0.416 e. The highest BCUT2D eigenvalue weighted by atomic mass is 19.4. The molecule has 2 aromatic carbocycles. The number of hydrogen-bond acceptors (Lipinski definition) is 5. The molecule has 1 unspecified atom stereocenters. The molecule has 0 aromatic heterocycles. The first-order chi connectivity index (χ1) is 18.6. The Morgan fingerprint density at radius 1 is 1.08 bits per heavy atom. The molecule has 0 radical (unpaired) electrons. The Balaban J connectivity index is 1.67. The van der Waals surface area contributed by atoms with Gasteiger partial charge in [-0.05, 0) is 48.7 Å². The van der Waals surface area contributed by atoms with Gasteiger partial charge in [-0.25, -0.2) is 4.79 Å². The Hall–Kier alpha value is -4.17. The van der Waals surface area contributed by atoms with Gasteiger partial charge in [0, 0.05) is 43.4 Å². The number of rotatable bonds is 3. The van der Waals surface area contributed by atoms with Crippen LogP contribution in [0.15, 0.2) is 53.7 Å². The van der Waals surface area contributed by atoms with Gasteiger partial charge in [0.15, 0.2) is 5.78 Å². The monoisotopic (exact) mass is 538 g/mol. The summed E-state index contributed by atoms with van der Waals surface area (Å²) in [6.07, 6.45) is -3.67. The van der Waals surface area contributed by atoms with Crippen LogP contribution in [-0.4, -0.2) is 60.9 Å². The smallest absolute Gasteiger partial charge is 0.378 e. The van der Waals surface area contributed by atoms with Crippen molar-refractivity contribution >= 4 is 23.4 Å². The van der Waals surface area contributed by atoms with E-state index >= 15 is 0 Å². The number of Topliss-reactive ketones (excluding diaryl/α,β-unsaturated/α-hetero) is 1. The molecule has 2 aliphatic heterocycles. The lowest BCUT2D eigenvalue weighted by atomic mass is 9.82. The molecule has 11 heteroatoms. The van der Waals surface area contributed by atoms with E-state index in [1.54, 1.807) is 11.0 Å². The summed E-state index contributed by atoms with van der Waals surface area (Å²) >= 11 is 0. The van der Waals surface area contributed by atoms with Crippen LogP contribution in [0.25, 0.3) is 0 Å². The number of halogens is 3. The second-order valence-corrected chi connectivity index (χ2v) is 9.64. The maximum absolute atomic E-state index is 13.8. The standard InChI is InChI=1S/C28H25F3N4O4/c1-33-25(20-9-8-17(16-32)14-21(20)26(37)34-10-12-39-13-11-34)24-22(6-3-7-23(24)36)35(27(33)38)19-5-2-4-18(15-19)28(29,30)31/h2,4-5,8-9,14-15,25H,3,6-7,10-13H2,1H3. The number of hydrogen-bond donors (Lipinski definition) is 0. The van der Waals surface area contributed by atoms with Gasteiger partial charge in [-0.3, -0.25) is 14.5 Å². The third-order valence-corrected chi connectivity index (χ3v) is 7.29. The third kappa shape index (κ3) is 4.76. The summed E-state index contributed by atoms with van der Waals surface area (Å²) in [4.78, 5) is 44.9. The Labute approximate surface area is 222 Å². The molecule has 1 atom stereocenters. The molecule has 0 N–H and O–H groups in total. The lowest BCUT2D eigenvalue weighted by Crippen LogP contribution is -2.51. The summed E-state index contributed by atoms with van der Waals surface area (Å²) in [6.45, 7) is 1.43.